The second kappa shape index (κ2) is 13.4. The molecule has 0 unspecified atom stereocenters. The molecule has 2 N–H and O–H groups in total. The number of allylic oxidation sites excluding steroid dienone is 1. The van der Waals surface area contributed by atoms with Gasteiger partial charge in [0.25, 0.3) is 5.91 Å². The number of benzene rings is 2. The third-order valence-corrected chi connectivity index (χ3v) is 7.03. The monoisotopic (exact) mass is 599 g/mol. The first kappa shape index (κ1) is 30.5. The number of thioether (sulfide) groups is 1. The molecule has 0 fully saturated rings. The highest BCUT2D eigenvalue weighted by Crippen LogP contribution is 2.34. The van der Waals surface area contributed by atoms with Gasteiger partial charge in [-0.2, -0.15) is 13.2 Å². The molecule has 1 aromatic heterocycles. The quantitative estimate of drug-likeness (QED) is 0.182. The summed E-state index contributed by atoms with van der Waals surface area (Å²) < 4.78 is 40.9. The van der Waals surface area contributed by atoms with E-state index < -0.39 is 23.7 Å². The van der Waals surface area contributed by atoms with Gasteiger partial charge in [-0.25, -0.2) is 0 Å². The lowest BCUT2D eigenvalue weighted by Gasteiger charge is -2.21. The van der Waals surface area contributed by atoms with Crippen LogP contribution >= 0.6 is 35.0 Å². The highest BCUT2D eigenvalue weighted by Gasteiger charge is 2.31. The molecule has 2 aromatic carbocycles. The molecule has 7 nitrogen and oxygen atoms in total. The molecule has 39 heavy (non-hydrogen) atoms. The molecule has 1 heterocycles. The van der Waals surface area contributed by atoms with Crippen LogP contribution in [0.1, 0.15) is 48.1 Å². The van der Waals surface area contributed by atoms with Gasteiger partial charge >= 0.3 is 6.18 Å². The van der Waals surface area contributed by atoms with Gasteiger partial charge in [0.05, 0.1) is 38.7 Å². The van der Waals surface area contributed by atoms with E-state index in [1.807, 2.05) is 13.8 Å². The lowest BCUT2D eigenvalue weighted by Crippen LogP contribution is -2.32. The van der Waals surface area contributed by atoms with Crippen LogP contribution in [-0.4, -0.2) is 32.3 Å². The molecule has 208 valence electrons. The third kappa shape index (κ3) is 8.23. The van der Waals surface area contributed by atoms with Gasteiger partial charge in [0.15, 0.2) is 11.0 Å². The molecule has 3 rings (SSSR count). The molecule has 0 saturated carbocycles. The summed E-state index contributed by atoms with van der Waals surface area (Å²) in [6, 6.07) is 8.86. The Labute approximate surface area is 238 Å². The fourth-order valence-corrected chi connectivity index (χ4v) is 4.80. The van der Waals surface area contributed by atoms with E-state index in [4.69, 9.17) is 23.2 Å². The maximum Gasteiger partial charge on any atom is 0.416 e. The Morgan fingerprint density at radius 1 is 1.13 bits per heavy atom. The summed E-state index contributed by atoms with van der Waals surface area (Å²) in [5.41, 5.74) is -0.757. The Hall–Kier alpha value is -3.02. The van der Waals surface area contributed by atoms with Crippen LogP contribution in [-0.2, 0) is 17.5 Å². The van der Waals surface area contributed by atoms with Crippen molar-refractivity contribution in [3.8, 4) is 0 Å². The Bertz CT molecular complexity index is 1350. The molecule has 0 aliphatic carbocycles. The van der Waals surface area contributed by atoms with Crippen LogP contribution < -0.4 is 10.6 Å². The van der Waals surface area contributed by atoms with Crippen LogP contribution in [0.15, 0.2) is 60.3 Å². The molecule has 1 atom stereocenters. The number of hydrogen-bond acceptors (Lipinski definition) is 5. The van der Waals surface area contributed by atoms with Crippen molar-refractivity contribution in [2.45, 2.75) is 44.2 Å². The van der Waals surface area contributed by atoms with E-state index >= 15 is 0 Å². The lowest BCUT2D eigenvalue weighted by atomic mass is 10.0. The van der Waals surface area contributed by atoms with Crippen molar-refractivity contribution in [1.29, 1.82) is 0 Å². The number of rotatable bonds is 11. The molecule has 3 aromatic rings. The highest BCUT2D eigenvalue weighted by atomic mass is 35.5. The second-order valence-electron chi connectivity index (χ2n) is 8.90. The highest BCUT2D eigenvalue weighted by molar-refractivity contribution is 7.99. The van der Waals surface area contributed by atoms with Crippen molar-refractivity contribution in [3.63, 3.8) is 0 Å². The Morgan fingerprint density at radius 3 is 2.49 bits per heavy atom. The zero-order valence-electron chi connectivity index (χ0n) is 21.1. The predicted molar refractivity (Wildman–Crippen MR) is 147 cm³/mol. The fourth-order valence-electron chi connectivity index (χ4n) is 3.66. The number of amides is 2. The fraction of sp³-hybridized carbons (Fsp3) is 0.308. The number of nitrogens with one attached hydrogen (secondary N) is 2. The van der Waals surface area contributed by atoms with Crippen LogP contribution in [0, 0.1) is 5.92 Å². The molecule has 2 amide bonds. The Balaban J connectivity index is 1.79. The smallest absolute Gasteiger partial charge is 0.342 e. The first-order valence-corrected chi connectivity index (χ1v) is 13.5. The summed E-state index contributed by atoms with van der Waals surface area (Å²) in [7, 11) is 0. The SMILES string of the molecule is C=CCn1c(SCC(=O)Nc2cc(C(F)(F)F)ccc2Cl)nnc1[C@@H](CC(C)C)NC(=O)c1ccccc1Cl. The van der Waals surface area contributed by atoms with E-state index in [-0.39, 0.29) is 28.3 Å². The van der Waals surface area contributed by atoms with Crippen molar-refractivity contribution >= 4 is 52.5 Å². The van der Waals surface area contributed by atoms with E-state index in [2.05, 4.69) is 27.4 Å². The minimum absolute atomic E-state index is 0.0238. The van der Waals surface area contributed by atoms with Crippen LogP contribution in [0.2, 0.25) is 10.0 Å². The van der Waals surface area contributed by atoms with Crippen LogP contribution in [0.4, 0.5) is 18.9 Å². The average molecular weight is 600 g/mol. The number of nitrogens with zero attached hydrogens (tertiary/aromatic N) is 3. The molecular formula is C26H26Cl2F3N5O2S. The number of alkyl halides is 3. The standard InChI is InChI=1S/C26H26Cl2F3N5O2S/c1-4-11-36-23(21(12-15(2)3)33-24(38)17-7-5-6-8-18(17)27)34-35-25(36)39-14-22(37)32-20-13-16(26(29,30)31)9-10-19(20)28/h4-10,13,15,21H,1,11-12,14H2,2-3H3,(H,32,37)(H,33,38)/t21-/m1/s1. The second-order valence-corrected chi connectivity index (χ2v) is 10.7. The number of aromatic nitrogens is 3. The van der Waals surface area contributed by atoms with Crippen LogP contribution in [0.25, 0.3) is 0 Å². The first-order valence-electron chi connectivity index (χ1n) is 11.8. The predicted octanol–water partition coefficient (Wildman–Crippen LogP) is 7.04. The summed E-state index contributed by atoms with van der Waals surface area (Å²) in [4.78, 5) is 25.6. The number of carbonyl (C=O) groups excluding carboxylic acids is 2. The third-order valence-electron chi connectivity index (χ3n) is 5.40. The summed E-state index contributed by atoms with van der Waals surface area (Å²) in [6.45, 7) is 8.07. The van der Waals surface area contributed by atoms with Gasteiger partial charge in [-0.1, -0.05) is 67.0 Å². The normalized spacial score (nSPS) is 12.3. The molecule has 13 heteroatoms. The number of carbonyl (C=O) groups is 2. The van der Waals surface area contributed by atoms with Gasteiger partial charge < -0.3 is 15.2 Å². The Kier molecular flexibility index (Phi) is 10.5. The van der Waals surface area contributed by atoms with Gasteiger partial charge in [0.1, 0.15) is 0 Å². The minimum Gasteiger partial charge on any atom is -0.342 e. The van der Waals surface area contributed by atoms with Gasteiger partial charge in [0.2, 0.25) is 5.91 Å². The van der Waals surface area contributed by atoms with Crippen molar-refractivity contribution in [2.24, 2.45) is 5.92 Å². The first-order chi connectivity index (χ1) is 18.4. The molecule has 0 radical (unpaired) electrons. The summed E-state index contributed by atoms with van der Waals surface area (Å²) in [5, 5.41) is 14.5. The van der Waals surface area contributed by atoms with Crippen molar-refractivity contribution in [2.75, 3.05) is 11.1 Å². The summed E-state index contributed by atoms with van der Waals surface area (Å²) in [6.07, 6.45) is -2.41. The molecule has 0 aliphatic rings. The van der Waals surface area contributed by atoms with Crippen molar-refractivity contribution in [3.05, 3.63) is 82.1 Å². The maximum absolute atomic E-state index is 13.0. The molecule has 0 bridgehead atoms. The van der Waals surface area contributed by atoms with E-state index in [1.165, 1.54) is 0 Å². The zero-order chi connectivity index (χ0) is 28.7. The van der Waals surface area contributed by atoms with E-state index in [0.29, 0.717) is 34.5 Å². The van der Waals surface area contributed by atoms with Crippen LogP contribution in [0.3, 0.4) is 0 Å². The topological polar surface area (TPSA) is 88.9 Å². The number of anilines is 1. The average Bonchev–Trinajstić information content (AvgIpc) is 3.25. The van der Waals surface area contributed by atoms with E-state index in [1.54, 1.807) is 34.9 Å². The van der Waals surface area contributed by atoms with Crippen molar-refractivity contribution in [1.82, 2.24) is 20.1 Å². The number of hydrogen-bond donors (Lipinski definition) is 2. The molecule has 0 aliphatic heterocycles. The van der Waals surface area contributed by atoms with Gasteiger partial charge in [0, 0.05) is 6.54 Å². The molecular weight excluding hydrogens is 574 g/mol. The van der Waals surface area contributed by atoms with Gasteiger partial charge in [-0.3, -0.25) is 9.59 Å². The summed E-state index contributed by atoms with van der Waals surface area (Å²) in [5.74, 6) is -0.474. The van der Waals surface area contributed by atoms with E-state index in [9.17, 15) is 22.8 Å². The van der Waals surface area contributed by atoms with Crippen molar-refractivity contribution < 1.29 is 22.8 Å². The number of halogens is 5. The largest absolute Gasteiger partial charge is 0.416 e. The van der Waals surface area contributed by atoms with Gasteiger partial charge in [-0.15, -0.1) is 16.8 Å². The Morgan fingerprint density at radius 2 is 1.85 bits per heavy atom. The maximum atomic E-state index is 13.0. The molecule has 0 spiro atoms. The van der Waals surface area contributed by atoms with E-state index in [0.717, 1.165) is 30.0 Å². The summed E-state index contributed by atoms with van der Waals surface area (Å²) >= 11 is 13.2. The van der Waals surface area contributed by atoms with Crippen LogP contribution in [0.5, 0.6) is 0 Å². The minimum atomic E-state index is -4.58. The van der Waals surface area contributed by atoms with Gasteiger partial charge in [-0.05, 0) is 42.7 Å². The molecule has 0 saturated heterocycles. The zero-order valence-corrected chi connectivity index (χ0v) is 23.4. The lowest BCUT2D eigenvalue weighted by molar-refractivity contribution is -0.137.